The highest BCUT2D eigenvalue weighted by Gasteiger charge is 2.19. The van der Waals surface area contributed by atoms with Gasteiger partial charge >= 0.3 is 5.97 Å². The number of carboxylic acids is 1. The summed E-state index contributed by atoms with van der Waals surface area (Å²) >= 11 is 0. The van der Waals surface area contributed by atoms with E-state index in [9.17, 15) is 9.59 Å². The van der Waals surface area contributed by atoms with Gasteiger partial charge in [0.15, 0.2) is 0 Å². The zero-order valence-corrected chi connectivity index (χ0v) is 10.1. The minimum atomic E-state index is -0.986. The SMILES string of the molecule is CC(C)N(CC(=O)O)C(=O)Cc1ccccc1. The fourth-order valence-corrected chi connectivity index (χ4v) is 1.58. The zero-order valence-electron chi connectivity index (χ0n) is 10.1. The van der Waals surface area contributed by atoms with E-state index in [4.69, 9.17) is 5.11 Å². The smallest absolute Gasteiger partial charge is 0.323 e. The number of carbonyl (C=O) groups is 2. The van der Waals surface area contributed by atoms with Gasteiger partial charge in [-0.1, -0.05) is 30.3 Å². The lowest BCUT2D eigenvalue weighted by Crippen LogP contribution is -2.41. The van der Waals surface area contributed by atoms with Crippen LogP contribution in [0.25, 0.3) is 0 Å². The number of rotatable bonds is 5. The van der Waals surface area contributed by atoms with Crippen LogP contribution in [0, 0.1) is 0 Å². The predicted molar refractivity (Wildman–Crippen MR) is 64.6 cm³/mol. The van der Waals surface area contributed by atoms with Crippen molar-refractivity contribution in [3.05, 3.63) is 35.9 Å². The number of carboxylic acid groups (broad SMARTS) is 1. The maximum Gasteiger partial charge on any atom is 0.323 e. The molecule has 4 heteroatoms. The first-order chi connectivity index (χ1) is 8.00. The fraction of sp³-hybridized carbons (Fsp3) is 0.385. The van der Waals surface area contributed by atoms with E-state index in [1.807, 2.05) is 44.2 Å². The van der Waals surface area contributed by atoms with Crippen LogP contribution in [-0.2, 0) is 16.0 Å². The second kappa shape index (κ2) is 6.03. The van der Waals surface area contributed by atoms with E-state index in [-0.39, 0.29) is 24.9 Å². The predicted octanol–water partition coefficient (Wildman–Crippen LogP) is 1.55. The van der Waals surface area contributed by atoms with Crippen LogP contribution in [-0.4, -0.2) is 34.5 Å². The van der Waals surface area contributed by atoms with Gasteiger partial charge in [0.2, 0.25) is 5.91 Å². The molecule has 1 rings (SSSR count). The van der Waals surface area contributed by atoms with Gasteiger partial charge in [-0.05, 0) is 19.4 Å². The average molecular weight is 235 g/mol. The van der Waals surface area contributed by atoms with Crippen molar-refractivity contribution in [3.8, 4) is 0 Å². The van der Waals surface area contributed by atoms with Crippen LogP contribution >= 0.6 is 0 Å². The van der Waals surface area contributed by atoms with Gasteiger partial charge in [0.25, 0.3) is 0 Å². The molecular formula is C13H17NO3. The molecule has 0 aromatic heterocycles. The first kappa shape index (κ1) is 13.2. The number of amides is 1. The Bertz CT molecular complexity index is 387. The maximum atomic E-state index is 12.0. The van der Waals surface area contributed by atoms with E-state index in [1.165, 1.54) is 4.90 Å². The Labute approximate surface area is 101 Å². The minimum Gasteiger partial charge on any atom is -0.480 e. The summed E-state index contributed by atoms with van der Waals surface area (Å²) in [4.78, 5) is 24.0. The van der Waals surface area contributed by atoms with Crippen LogP contribution in [0.1, 0.15) is 19.4 Å². The summed E-state index contributed by atoms with van der Waals surface area (Å²) in [5, 5.41) is 8.75. The Balaban J connectivity index is 2.69. The third kappa shape index (κ3) is 4.26. The number of nitrogens with zero attached hydrogens (tertiary/aromatic N) is 1. The highest BCUT2D eigenvalue weighted by molar-refractivity contribution is 5.83. The molecule has 0 atom stereocenters. The third-order valence-corrected chi connectivity index (χ3v) is 2.45. The molecule has 0 aliphatic rings. The van der Waals surface area contributed by atoms with Gasteiger partial charge in [-0.2, -0.15) is 0 Å². The molecular weight excluding hydrogens is 218 g/mol. The van der Waals surface area contributed by atoms with Gasteiger partial charge in [0.1, 0.15) is 6.54 Å². The number of aliphatic carboxylic acids is 1. The van der Waals surface area contributed by atoms with Crippen molar-refractivity contribution < 1.29 is 14.7 Å². The first-order valence-electron chi connectivity index (χ1n) is 5.56. The number of carbonyl (C=O) groups excluding carboxylic acids is 1. The lowest BCUT2D eigenvalue weighted by Gasteiger charge is -2.24. The largest absolute Gasteiger partial charge is 0.480 e. The Morgan fingerprint density at radius 3 is 2.29 bits per heavy atom. The molecule has 0 fully saturated rings. The summed E-state index contributed by atoms with van der Waals surface area (Å²) in [5.74, 6) is -1.14. The second-order valence-electron chi connectivity index (χ2n) is 4.17. The van der Waals surface area contributed by atoms with Crippen molar-refractivity contribution >= 4 is 11.9 Å². The van der Waals surface area contributed by atoms with Crippen molar-refractivity contribution in [2.45, 2.75) is 26.3 Å². The minimum absolute atomic E-state index is 0.109. The molecule has 0 bridgehead atoms. The van der Waals surface area contributed by atoms with E-state index < -0.39 is 5.97 Å². The normalized spacial score (nSPS) is 10.3. The summed E-state index contributed by atoms with van der Waals surface area (Å²) < 4.78 is 0. The summed E-state index contributed by atoms with van der Waals surface area (Å²) in [6.07, 6.45) is 0.242. The highest BCUT2D eigenvalue weighted by atomic mass is 16.4. The van der Waals surface area contributed by atoms with Crippen LogP contribution in [0.15, 0.2) is 30.3 Å². The van der Waals surface area contributed by atoms with E-state index in [1.54, 1.807) is 0 Å². The van der Waals surface area contributed by atoms with Crippen LogP contribution in [0.4, 0.5) is 0 Å². The summed E-state index contributed by atoms with van der Waals surface area (Å²) in [7, 11) is 0. The van der Waals surface area contributed by atoms with Gasteiger partial charge in [0.05, 0.1) is 6.42 Å². The number of hydrogen-bond acceptors (Lipinski definition) is 2. The van der Waals surface area contributed by atoms with Gasteiger partial charge in [-0.3, -0.25) is 9.59 Å². The molecule has 0 unspecified atom stereocenters. The maximum absolute atomic E-state index is 12.0. The molecule has 4 nitrogen and oxygen atoms in total. The van der Waals surface area contributed by atoms with Crippen LogP contribution < -0.4 is 0 Å². The lowest BCUT2D eigenvalue weighted by atomic mass is 10.1. The molecule has 0 aliphatic carbocycles. The van der Waals surface area contributed by atoms with Crippen molar-refractivity contribution in [2.24, 2.45) is 0 Å². The van der Waals surface area contributed by atoms with Crippen molar-refractivity contribution in [2.75, 3.05) is 6.54 Å². The Morgan fingerprint density at radius 2 is 1.82 bits per heavy atom. The van der Waals surface area contributed by atoms with E-state index in [0.717, 1.165) is 5.56 Å². The molecule has 1 aromatic carbocycles. The van der Waals surface area contributed by atoms with E-state index >= 15 is 0 Å². The van der Waals surface area contributed by atoms with Crippen LogP contribution in [0.5, 0.6) is 0 Å². The summed E-state index contributed by atoms with van der Waals surface area (Å²) in [6.45, 7) is 3.38. The molecule has 1 aromatic rings. The summed E-state index contributed by atoms with van der Waals surface area (Å²) in [5.41, 5.74) is 0.897. The van der Waals surface area contributed by atoms with Crippen molar-refractivity contribution in [1.29, 1.82) is 0 Å². The van der Waals surface area contributed by atoms with Crippen molar-refractivity contribution in [3.63, 3.8) is 0 Å². The zero-order chi connectivity index (χ0) is 12.8. The van der Waals surface area contributed by atoms with Gasteiger partial charge in [0, 0.05) is 6.04 Å². The van der Waals surface area contributed by atoms with Crippen LogP contribution in [0.2, 0.25) is 0 Å². The Morgan fingerprint density at radius 1 is 1.24 bits per heavy atom. The average Bonchev–Trinajstić information content (AvgIpc) is 2.26. The fourth-order valence-electron chi connectivity index (χ4n) is 1.58. The van der Waals surface area contributed by atoms with E-state index in [2.05, 4.69) is 0 Å². The topological polar surface area (TPSA) is 57.6 Å². The monoisotopic (exact) mass is 235 g/mol. The van der Waals surface area contributed by atoms with Gasteiger partial charge in [-0.15, -0.1) is 0 Å². The molecule has 0 spiro atoms. The van der Waals surface area contributed by atoms with Gasteiger partial charge in [-0.25, -0.2) is 0 Å². The molecule has 0 saturated carbocycles. The van der Waals surface area contributed by atoms with E-state index in [0.29, 0.717) is 0 Å². The Hall–Kier alpha value is -1.84. The summed E-state index contributed by atoms with van der Waals surface area (Å²) in [6, 6.07) is 9.21. The molecule has 17 heavy (non-hydrogen) atoms. The lowest BCUT2D eigenvalue weighted by molar-refractivity contribution is -0.145. The standard InChI is InChI=1S/C13H17NO3/c1-10(2)14(9-13(16)17)12(15)8-11-6-4-3-5-7-11/h3-7,10H,8-9H2,1-2H3,(H,16,17). The molecule has 0 radical (unpaired) electrons. The molecule has 92 valence electrons. The molecule has 0 saturated heterocycles. The Kier molecular flexibility index (Phi) is 4.69. The molecule has 1 N–H and O–H groups in total. The van der Waals surface area contributed by atoms with Crippen molar-refractivity contribution in [1.82, 2.24) is 4.90 Å². The highest BCUT2D eigenvalue weighted by Crippen LogP contribution is 2.06. The first-order valence-corrected chi connectivity index (χ1v) is 5.56. The second-order valence-corrected chi connectivity index (χ2v) is 4.17. The number of hydrogen-bond donors (Lipinski definition) is 1. The quantitative estimate of drug-likeness (QED) is 0.842. The van der Waals surface area contributed by atoms with Crippen LogP contribution in [0.3, 0.4) is 0 Å². The molecule has 0 heterocycles. The number of benzene rings is 1. The third-order valence-electron chi connectivity index (χ3n) is 2.45. The van der Waals surface area contributed by atoms with Gasteiger partial charge < -0.3 is 10.0 Å². The molecule has 1 amide bonds. The molecule has 0 aliphatic heterocycles.